The zero-order valence-electron chi connectivity index (χ0n) is 11.8. The van der Waals surface area contributed by atoms with Crippen molar-refractivity contribution in [3.8, 4) is 0 Å². The van der Waals surface area contributed by atoms with Crippen LogP contribution in [0.15, 0.2) is 17.5 Å². The zero-order chi connectivity index (χ0) is 15.0. The maximum atomic E-state index is 12.1. The van der Waals surface area contributed by atoms with Crippen molar-refractivity contribution in [1.29, 1.82) is 0 Å². The summed E-state index contributed by atoms with van der Waals surface area (Å²) in [5, 5.41) is 4.59. The number of nitrogens with one attached hydrogen (secondary N) is 1. The molecule has 6 nitrogen and oxygen atoms in total. The minimum Gasteiger partial charge on any atom is -0.385 e. The second-order valence-electron chi connectivity index (χ2n) is 4.38. The fourth-order valence-electron chi connectivity index (χ4n) is 1.62. The summed E-state index contributed by atoms with van der Waals surface area (Å²) in [6, 6.07) is 2.95. The van der Waals surface area contributed by atoms with Gasteiger partial charge in [0.2, 0.25) is 11.8 Å². The smallest absolute Gasteiger partial charge is 0.245 e. The third-order valence-electron chi connectivity index (χ3n) is 2.72. The van der Waals surface area contributed by atoms with Crippen molar-refractivity contribution >= 4 is 23.2 Å². The topological polar surface area (TPSA) is 84.7 Å². The second kappa shape index (κ2) is 8.68. The van der Waals surface area contributed by atoms with E-state index in [1.807, 2.05) is 17.5 Å². The Morgan fingerprint density at radius 1 is 1.55 bits per heavy atom. The minimum atomic E-state index is -0.707. The summed E-state index contributed by atoms with van der Waals surface area (Å²) in [6.07, 6.45) is 0.745. The van der Waals surface area contributed by atoms with E-state index in [-0.39, 0.29) is 18.4 Å². The predicted molar refractivity (Wildman–Crippen MR) is 78.4 cm³/mol. The third-order valence-corrected chi connectivity index (χ3v) is 3.68. The molecular weight excluding hydrogens is 278 g/mol. The van der Waals surface area contributed by atoms with Crippen molar-refractivity contribution in [2.75, 3.05) is 33.9 Å². The van der Waals surface area contributed by atoms with Crippen LogP contribution in [-0.4, -0.2) is 50.6 Å². The van der Waals surface area contributed by atoms with Crippen LogP contribution in [0.3, 0.4) is 0 Å². The van der Waals surface area contributed by atoms with Crippen LogP contribution in [-0.2, 0) is 14.3 Å². The van der Waals surface area contributed by atoms with Crippen LogP contribution in [0.4, 0.5) is 0 Å². The van der Waals surface area contributed by atoms with Gasteiger partial charge >= 0.3 is 0 Å². The van der Waals surface area contributed by atoms with E-state index >= 15 is 0 Å². The maximum Gasteiger partial charge on any atom is 0.245 e. The molecule has 0 aliphatic heterocycles. The summed E-state index contributed by atoms with van der Waals surface area (Å²) in [7, 11) is 3.19. The molecule has 0 aromatic carbocycles. The van der Waals surface area contributed by atoms with Crippen molar-refractivity contribution in [3.63, 3.8) is 0 Å². The lowest BCUT2D eigenvalue weighted by molar-refractivity contribution is -0.135. The Labute approximate surface area is 122 Å². The number of likely N-dealkylation sites (N-methyl/N-ethyl adjacent to an activating group) is 1. The maximum absolute atomic E-state index is 12.1. The van der Waals surface area contributed by atoms with E-state index in [1.165, 1.54) is 16.2 Å². The molecule has 0 saturated carbocycles. The number of rotatable bonds is 8. The molecule has 0 saturated heterocycles. The number of amides is 2. The average Bonchev–Trinajstić information content (AvgIpc) is 2.96. The highest BCUT2D eigenvalue weighted by Crippen LogP contribution is 2.18. The number of hydrogen-bond donors (Lipinski definition) is 2. The van der Waals surface area contributed by atoms with E-state index in [0.29, 0.717) is 13.2 Å². The van der Waals surface area contributed by atoms with Gasteiger partial charge in [-0.25, -0.2) is 0 Å². The number of carbonyl (C=O) groups excluding carboxylic acids is 2. The Hall–Kier alpha value is -1.44. The van der Waals surface area contributed by atoms with Crippen LogP contribution in [0.5, 0.6) is 0 Å². The fraction of sp³-hybridized carbons (Fsp3) is 0.538. The number of hydrogen-bond acceptors (Lipinski definition) is 5. The van der Waals surface area contributed by atoms with Crippen LogP contribution < -0.4 is 11.1 Å². The molecule has 0 spiro atoms. The molecule has 1 atom stereocenters. The van der Waals surface area contributed by atoms with E-state index in [2.05, 4.69) is 5.32 Å². The highest BCUT2D eigenvalue weighted by atomic mass is 32.1. The van der Waals surface area contributed by atoms with Crippen molar-refractivity contribution in [1.82, 2.24) is 10.2 Å². The molecule has 3 N–H and O–H groups in total. The molecule has 0 aliphatic carbocycles. The van der Waals surface area contributed by atoms with Crippen molar-refractivity contribution < 1.29 is 14.3 Å². The summed E-state index contributed by atoms with van der Waals surface area (Å²) >= 11 is 1.43. The van der Waals surface area contributed by atoms with Gasteiger partial charge in [-0.2, -0.15) is 0 Å². The highest BCUT2D eigenvalue weighted by Gasteiger charge is 2.21. The molecule has 1 aromatic rings. The number of carbonyl (C=O) groups is 2. The van der Waals surface area contributed by atoms with Crippen LogP contribution in [0.25, 0.3) is 0 Å². The number of methoxy groups -OCH3 is 1. The Bertz CT molecular complexity index is 423. The average molecular weight is 299 g/mol. The highest BCUT2D eigenvalue weighted by molar-refractivity contribution is 7.10. The third kappa shape index (κ3) is 5.28. The minimum absolute atomic E-state index is 0.00485. The molecule has 0 aliphatic rings. The van der Waals surface area contributed by atoms with Crippen LogP contribution in [0, 0.1) is 0 Å². The Morgan fingerprint density at radius 3 is 2.90 bits per heavy atom. The van der Waals surface area contributed by atoms with E-state index in [0.717, 1.165) is 11.3 Å². The van der Waals surface area contributed by atoms with Gasteiger partial charge in [-0.15, -0.1) is 11.3 Å². The van der Waals surface area contributed by atoms with Crippen molar-refractivity contribution in [2.45, 2.75) is 12.5 Å². The molecule has 0 bridgehead atoms. The molecule has 1 heterocycles. The summed E-state index contributed by atoms with van der Waals surface area (Å²) < 4.78 is 4.88. The van der Waals surface area contributed by atoms with Gasteiger partial charge in [-0.05, 0) is 17.9 Å². The largest absolute Gasteiger partial charge is 0.385 e. The van der Waals surface area contributed by atoms with Gasteiger partial charge in [0.05, 0.1) is 6.54 Å². The van der Waals surface area contributed by atoms with E-state index in [4.69, 9.17) is 10.5 Å². The molecule has 1 aromatic heterocycles. The zero-order valence-corrected chi connectivity index (χ0v) is 12.6. The van der Waals surface area contributed by atoms with E-state index in [9.17, 15) is 9.59 Å². The van der Waals surface area contributed by atoms with Gasteiger partial charge in [0.15, 0.2) is 0 Å². The monoisotopic (exact) mass is 299 g/mol. The number of nitrogens with zero attached hydrogens (tertiary/aromatic N) is 1. The van der Waals surface area contributed by atoms with Gasteiger partial charge in [0.1, 0.15) is 6.04 Å². The number of nitrogens with two attached hydrogens (primary N) is 1. The SMILES string of the molecule is COCCCNC(=O)CN(C)C(=O)C(N)c1cccs1. The van der Waals surface area contributed by atoms with E-state index < -0.39 is 6.04 Å². The van der Waals surface area contributed by atoms with Crippen LogP contribution in [0.1, 0.15) is 17.3 Å². The Balaban J connectivity index is 2.36. The lowest BCUT2D eigenvalue weighted by Crippen LogP contribution is -2.42. The molecule has 20 heavy (non-hydrogen) atoms. The first-order valence-corrected chi connectivity index (χ1v) is 7.23. The van der Waals surface area contributed by atoms with Gasteiger partial charge in [0.25, 0.3) is 0 Å². The quantitative estimate of drug-likeness (QED) is 0.679. The normalized spacial score (nSPS) is 11.9. The summed E-state index contributed by atoms with van der Waals surface area (Å²) in [5.41, 5.74) is 5.87. The second-order valence-corrected chi connectivity index (χ2v) is 5.36. The lowest BCUT2D eigenvalue weighted by atomic mass is 10.2. The molecule has 2 amide bonds. The molecule has 1 rings (SSSR count). The number of ether oxygens (including phenoxy) is 1. The first-order chi connectivity index (χ1) is 9.56. The molecular formula is C13H21N3O3S. The first-order valence-electron chi connectivity index (χ1n) is 6.36. The van der Waals surface area contributed by atoms with Gasteiger partial charge in [0, 0.05) is 32.2 Å². The summed E-state index contributed by atoms with van der Waals surface area (Å²) in [5.74, 6) is -0.463. The predicted octanol–water partition coefficient (Wildman–Crippen LogP) is 0.359. The van der Waals surface area contributed by atoms with E-state index in [1.54, 1.807) is 14.2 Å². The standard InChI is InChI=1S/C13H21N3O3S/c1-16(9-11(17)15-6-4-7-19-2)13(18)12(14)10-5-3-8-20-10/h3,5,8,12H,4,6-7,9,14H2,1-2H3,(H,15,17). The van der Waals surface area contributed by atoms with Gasteiger partial charge in [-0.3, -0.25) is 9.59 Å². The summed E-state index contributed by atoms with van der Waals surface area (Å²) in [6.45, 7) is 1.13. The van der Waals surface area contributed by atoms with Gasteiger partial charge in [-0.1, -0.05) is 6.07 Å². The fourth-order valence-corrected chi connectivity index (χ4v) is 2.34. The van der Waals surface area contributed by atoms with Crippen molar-refractivity contribution in [3.05, 3.63) is 22.4 Å². The molecule has 0 fully saturated rings. The Morgan fingerprint density at radius 2 is 2.30 bits per heavy atom. The molecule has 1 unspecified atom stereocenters. The van der Waals surface area contributed by atoms with Crippen LogP contribution >= 0.6 is 11.3 Å². The molecule has 0 radical (unpaired) electrons. The molecule has 7 heteroatoms. The van der Waals surface area contributed by atoms with Crippen LogP contribution in [0.2, 0.25) is 0 Å². The first kappa shape index (κ1) is 16.6. The lowest BCUT2D eigenvalue weighted by Gasteiger charge is -2.20. The van der Waals surface area contributed by atoms with Crippen molar-refractivity contribution in [2.24, 2.45) is 5.73 Å². The summed E-state index contributed by atoms with van der Waals surface area (Å²) in [4.78, 5) is 25.8. The number of thiophene rings is 1. The molecule has 112 valence electrons. The van der Waals surface area contributed by atoms with Gasteiger partial charge < -0.3 is 20.7 Å². The Kier molecular flexibility index (Phi) is 7.21.